The van der Waals surface area contributed by atoms with Crippen LogP contribution < -0.4 is 11.1 Å². The number of carbonyl (C=O) groups excluding carboxylic acids is 1. The number of nitrogens with one attached hydrogen (secondary N) is 1. The zero-order chi connectivity index (χ0) is 13.9. The van der Waals surface area contributed by atoms with E-state index in [-0.39, 0.29) is 30.7 Å². The second-order valence-corrected chi connectivity index (χ2v) is 6.29. The van der Waals surface area contributed by atoms with E-state index in [1.54, 1.807) is 10.9 Å². The van der Waals surface area contributed by atoms with E-state index >= 15 is 0 Å². The molecular weight excluding hydrogens is 323 g/mol. The molecule has 2 saturated carbocycles. The highest BCUT2D eigenvalue weighted by atomic mass is 35.5. The molecule has 1 heterocycles. The maximum atomic E-state index is 12.1. The number of nitrogens with zero attached hydrogens (tertiary/aromatic N) is 2. The quantitative estimate of drug-likeness (QED) is 0.875. The Morgan fingerprint density at radius 1 is 1.27 bits per heavy atom. The molecule has 22 heavy (non-hydrogen) atoms. The first-order valence-electron chi connectivity index (χ1n) is 7.75. The summed E-state index contributed by atoms with van der Waals surface area (Å²) in [5.74, 6) is 1.33. The molecule has 0 spiro atoms. The fourth-order valence-corrected chi connectivity index (χ4v) is 3.93. The highest BCUT2D eigenvalue weighted by Gasteiger charge is 2.39. The number of nitrogens with two attached hydrogens (primary N) is 1. The molecule has 0 radical (unpaired) electrons. The Labute approximate surface area is 144 Å². The van der Waals surface area contributed by atoms with Crippen LogP contribution in [0.1, 0.15) is 38.5 Å². The number of amides is 1. The molecule has 0 saturated heterocycles. The number of fused-ring (bicyclic) bond motifs is 2. The molecule has 0 aliphatic heterocycles. The molecule has 2 aliphatic carbocycles. The van der Waals surface area contributed by atoms with E-state index in [4.69, 9.17) is 5.73 Å². The summed E-state index contributed by atoms with van der Waals surface area (Å²) in [5, 5.41) is 7.39. The van der Waals surface area contributed by atoms with E-state index < -0.39 is 0 Å². The third kappa shape index (κ3) is 4.61. The van der Waals surface area contributed by atoms with Crippen LogP contribution in [0.4, 0.5) is 0 Å². The number of halogens is 2. The third-order valence-electron chi connectivity index (χ3n) is 4.83. The predicted octanol–water partition coefficient (Wildman–Crippen LogP) is 2.14. The van der Waals surface area contributed by atoms with Crippen molar-refractivity contribution in [1.29, 1.82) is 0 Å². The SMILES string of the molecule is Cl.Cl.NC1CC2CCCC(C1)C2NC(=O)CCn1cccn1. The van der Waals surface area contributed by atoms with E-state index in [1.165, 1.54) is 19.3 Å². The fourth-order valence-electron chi connectivity index (χ4n) is 3.93. The van der Waals surface area contributed by atoms with Gasteiger partial charge in [0.15, 0.2) is 0 Å². The van der Waals surface area contributed by atoms with Crippen molar-refractivity contribution in [1.82, 2.24) is 15.1 Å². The van der Waals surface area contributed by atoms with Gasteiger partial charge in [0, 0.05) is 37.4 Å². The van der Waals surface area contributed by atoms with Crippen LogP contribution in [0, 0.1) is 11.8 Å². The zero-order valence-corrected chi connectivity index (χ0v) is 14.3. The average Bonchev–Trinajstić information content (AvgIpc) is 2.91. The third-order valence-corrected chi connectivity index (χ3v) is 4.83. The summed E-state index contributed by atoms with van der Waals surface area (Å²) >= 11 is 0. The molecule has 2 atom stereocenters. The van der Waals surface area contributed by atoms with Crippen LogP contribution in [0.3, 0.4) is 0 Å². The van der Waals surface area contributed by atoms with E-state index in [1.807, 2.05) is 12.3 Å². The molecule has 126 valence electrons. The van der Waals surface area contributed by atoms with Crippen molar-refractivity contribution >= 4 is 30.7 Å². The number of hydrogen-bond donors (Lipinski definition) is 2. The van der Waals surface area contributed by atoms with Crippen LogP contribution in [0.15, 0.2) is 18.5 Å². The normalized spacial score (nSPS) is 29.9. The molecule has 1 amide bonds. The molecule has 2 aliphatic rings. The number of rotatable bonds is 4. The monoisotopic (exact) mass is 348 g/mol. The van der Waals surface area contributed by atoms with Gasteiger partial charge in [-0.3, -0.25) is 9.48 Å². The maximum Gasteiger partial charge on any atom is 0.222 e. The van der Waals surface area contributed by atoms with E-state index in [0.717, 1.165) is 12.8 Å². The van der Waals surface area contributed by atoms with E-state index in [9.17, 15) is 4.79 Å². The lowest BCUT2D eigenvalue weighted by molar-refractivity contribution is -0.123. The zero-order valence-electron chi connectivity index (χ0n) is 12.7. The molecule has 1 aromatic heterocycles. The van der Waals surface area contributed by atoms with Gasteiger partial charge < -0.3 is 11.1 Å². The molecule has 2 unspecified atom stereocenters. The summed E-state index contributed by atoms with van der Waals surface area (Å²) < 4.78 is 1.80. The van der Waals surface area contributed by atoms with Gasteiger partial charge >= 0.3 is 0 Å². The van der Waals surface area contributed by atoms with Crippen molar-refractivity contribution in [2.75, 3.05) is 0 Å². The Balaban J connectivity index is 0.00000121. The lowest BCUT2D eigenvalue weighted by Gasteiger charge is -2.45. The van der Waals surface area contributed by atoms with Gasteiger partial charge in [-0.15, -0.1) is 24.8 Å². The molecule has 1 aromatic rings. The Morgan fingerprint density at radius 2 is 1.95 bits per heavy atom. The van der Waals surface area contributed by atoms with Crippen LogP contribution in [-0.2, 0) is 11.3 Å². The molecule has 5 nitrogen and oxygen atoms in total. The molecule has 0 aromatic carbocycles. The van der Waals surface area contributed by atoms with Crippen molar-refractivity contribution in [3.8, 4) is 0 Å². The predicted molar refractivity (Wildman–Crippen MR) is 91.3 cm³/mol. The number of aromatic nitrogens is 2. The van der Waals surface area contributed by atoms with Gasteiger partial charge in [0.1, 0.15) is 0 Å². The van der Waals surface area contributed by atoms with Crippen LogP contribution in [0.2, 0.25) is 0 Å². The molecule has 2 fully saturated rings. The topological polar surface area (TPSA) is 72.9 Å². The lowest BCUT2D eigenvalue weighted by Crippen LogP contribution is -2.53. The Morgan fingerprint density at radius 3 is 2.55 bits per heavy atom. The molecule has 3 N–H and O–H groups in total. The first-order valence-corrected chi connectivity index (χ1v) is 7.75. The summed E-state index contributed by atoms with van der Waals surface area (Å²) in [5.41, 5.74) is 6.12. The van der Waals surface area contributed by atoms with Gasteiger partial charge in [0.2, 0.25) is 5.91 Å². The largest absolute Gasteiger partial charge is 0.353 e. The smallest absolute Gasteiger partial charge is 0.222 e. The second-order valence-electron chi connectivity index (χ2n) is 6.29. The van der Waals surface area contributed by atoms with Crippen molar-refractivity contribution < 1.29 is 4.79 Å². The summed E-state index contributed by atoms with van der Waals surface area (Å²) in [6.07, 6.45) is 10.0. The van der Waals surface area contributed by atoms with Gasteiger partial charge in [0.25, 0.3) is 0 Å². The Kier molecular flexibility index (Phi) is 7.66. The molecular formula is C15H26Cl2N4O. The van der Waals surface area contributed by atoms with Crippen molar-refractivity contribution in [3.05, 3.63) is 18.5 Å². The van der Waals surface area contributed by atoms with Crippen LogP contribution >= 0.6 is 24.8 Å². The van der Waals surface area contributed by atoms with Gasteiger partial charge in [-0.25, -0.2) is 0 Å². The van der Waals surface area contributed by atoms with E-state index in [2.05, 4.69) is 10.4 Å². The van der Waals surface area contributed by atoms with Crippen LogP contribution in [0.5, 0.6) is 0 Å². The minimum Gasteiger partial charge on any atom is -0.353 e. The van der Waals surface area contributed by atoms with E-state index in [0.29, 0.717) is 36.9 Å². The van der Waals surface area contributed by atoms with Gasteiger partial charge in [0.05, 0.1) is 0 Å². The van der Waals surface area contributed by atoms with Crippen LogP contribution in [0.25, 0.3) is 0 Å². The summed E-state index contributed by atoms with van der Waals surface area (Å²) in [6.45, 7) is 0.653. The average molecular weight is 349 g/mol. The van der Waals surface area contributed by atoms with Crippen molar-refractivity contribution in [3.63, 3.8) is 0 Å². The summed E-state index contributed by atoms with van der Waals surface area (Å²) in [4.78, 5) is 12.1. The van der Waals surface area contributed by atoms with Crippen molar-refractivity contribution in [2.45, 2.75) is 57.2 Å². The molecule has 3 rings (SSSR count). The Bertz CT molecular complexity index is 440. The first kappa shape index (κ1) is 19.3. The van der Waals surface area contributed by atoms with Crippen molar-refractivity contribution in [2.24, 2.45) is 17.6 Å². The molecule has 7 heteroatoms. The number of hydrogen-bond acceptors (Lipinski definition) is 3. The second kappa shape index (κ2) is 8.75. The van der Waals surface area contributed by atoms with Gasteiger partial charge in [-0.2, -0.15) is 5.10 Å². The maximum absolute atomic E-state index is 12.1. The van der Waals surface area contributed by atoms with Gasteiger partial charge in [-0.05, 0) is 43.6 Å². The summed E-state index contributed by atoms with van der Waals surface area (Å²) in [6, 6.07) is 2.57. The molecule has 2 bridgehead atoms. The Hall–Kier alpha value is -0.780. The lowest BCUT2D eigenvalue weighted by atomic mass is 9.67. The van der Waals surface area contributed by atoms with Crippen LogP contribution in [-0.4, -0.2) is 27.8 Å². The summed E-state index contributed by atoms with van der Waals surface area (Å²) in [7, 11) is 0. The highest BCUT2D eigenvalue weighted by Crippen LogP contribution is 2.39. The van der Waals surface area contributed by atoms with Gasteiger partial charge in [-0.1, -0.05) is 6.42 Å². The fraction of sp³-hybridized carbons (Fsp3) is 0.733. The minimum atomic E-state index is 0. The number of aryl methyl sites for hydroxylation is 1. The highest BCUT2D eigenvalue weighted by molar-refractivity contribution is 5.85. The number of carbonyl (C=O) groups is 1. The first-order chi connectivity index (χ1) is 9.72. The minimum absolute atomic E-state index is 0. The standard InChI is InChI=1S/C15H24N4O.2ClH/c16-13-9-11-3-1-4-12(10-13)15(11)18-14(20)5-8-19-7-2-6-17-19;;/h2,6-7,11-13,15H,1,3-5,8-10,16H2,(H,18,20);2*1H.